The highest BCUT2D eigenvalue weighted by atomic mass is 32.2. The Bertz CT molecular complexity index is 947. The summed E-state index contributed by atoms with van der Waals surface area (Å²) in [4.78, 5) is 18.6. The average molecular weight is 384 g/mol. The molecule has 0 aliphatic carbocycles. The van der Waals surface area contributed by atoms with E-state index in [9.17, 15) is 9.18 Å². The lowest BCUT2D eigenvalue weighted by atomic mass is 10.0. The molecule has 8 heteroatoms. The second-order valence-corrected chi connectivity index (χ2v) is 7.01. The maximum atomic E-state index is 14.7. The maximum Gasteiger partial charge on any atom is 0.414 e. The number of ether oxygens (including phenoxy) is 1. The smallest absolute Gasteiger partial charge is 0.414 e. The molecule has 0 radical (unpaired) electrons. The number of hydrogen-bond donors (Lipinski definition) is 0. The van der Waals surface area contributed by atoms with Crippen molar-refractivity contribution in [1.82, 2.24) is 14.8 Å². The molecule has 0 saturated carbocycles. The Morgan fingerprint density at radius 1 is 1.26 bits per heavy atom. The molecule has 3 aromatic rings. The molecule has 6 nitrogen and oxygen atoms in total. The van der Waals surface area contributed by atoms with Gasteiger partial charge < -0.3 is 4.74 Å². The summed E-state index contributed by atoms with van der Waals surface area (Å²) in [7, 11) is 0. The Hall–Kier alpha value is -2.87. The van der Waals surface area contributed by atoms with Crippen molar-refractivity contribution in [2.45, 2.75) is 17.5 Å². The lowest BCUT2D eigenvalue weighted by Gasteiger charge is -2.14. The van der Waals surface area contributed by atoms with Gasteiger partial charge in [0, 0.05) is 10.5 Å². The van der Waals surface area contributed by atoms with Crippen molar-refractivity contribution < 1.29 is 13.9 Å². The summed E-state index contributed by atoms with van der Waals surface area (Å²) < 4.78 is 21.7. The predicted molar refractivity (Wildman–Crippen MR) is 101 cm³/mol. The molecule has 1 aliphatic rings. The number of amides is 1. The molecule has 1 aromatic heterocycles. The number of carbonyl (C=O) groups is 1. The molecule has 0 bridgehead atoms. The first-order chi connectivity index (χ1) is 13.1. The predicted octanol–water partition coefficient (Wildman–Crippen LogP) is 3.83. The van der Waals surface area contributed by atoms with E-state index in [1.165, 1.54) is 17.3 Å². The van der Waals surface area contributed by atoms with Gasteiger partial charge >= 0.3 is 6.09 Å². The van der Waals surface area contributed by atoms with Gasteiger partial charge in [-0.3, -0.25) is 4.90 Å². The minimum atomic E-state index is -0.489. The molecule has 2 aromatic carbocycles. The van der Waals surface area contributed by atoms with E-state index in [1.807, 2.05) is 30.5 Å². The van der Waals surface area contributed by atoms with Gasteiger partial charge in [0.25, 0.3) is 0 Å². The average Bonchev–Trinajstić information content (AvgIpc) is 3.31. The van der Waals surface area contributed by atoms with Gasteiger partial charge in [-0.25, -0.2) is 18.9 Å². The fraction of sp³-hybridized carbons (Fsp3) is 0.211. The van der Waals surface area contributed by atoms with E-state index in [1.54, 1.807) is 34.9 Å². The largest absolute Gasteiger partial charge is 0.442 e. The first-order valence-electron chi connectivity index (χ1n) is 8.38. The van der Waals surface area contributed by atoms with Crippen molar-refractivity contribution in [3.05, 3.63) is 60.9 Å². The van der Waals surface area contributed by atoms with Crippen molar-refractivity contribution in [2.75, 3.05) is 17.7 Å². The van der Waals surface area contributed by atoms with Crippen LogP contribution in [0, 0.1) is 5.82 Å². The number of anilines is 1. The second kappa shape index (κ2) is 7.40. The van der Waals surface area contributed by atoms with Crippen LogP contribution in [0.4, 0.5) is 14.9 Å². The van der Waals surface area contributed by atoms with Gasteiger partial charge in [-0.1, -0.05) is 12.1 Å². The normalized spacial score (nSPS) is 16.6. The van der Waals surface area contributed by atoms with Crippen molar-refractivity contribution in [1.29, 1.82) is 0 Å². The summed E-state index contributed by atoms with van der Waals surface area (Å²) in [5.41, 5.74) is 1.77. The van der Waals surface area contributed by atoms with Crippen LogP contribution in [0.25, 0.3) is 11.1 Å². The van der Waals surface area contributed by atoms with Crippen molar-refractivity contribution >= 4 is 23.5 Å². The zero-order valence-corrected chi connectivity index (χ0v) is 15.4. The molecule has 1 unspecified atom stereocenters. The first kappa shape index (κ1) is 17.5. The summed E-state index contributed by atoms with van der Waals surface area (Å²) in [6.45, 7) is 0.741. The van der Waals surface area contributed by atoms with E-state index in [0.29, 0.717) is 24.3 Å². The van der Waals surface area contributed by atoms with Crippen LogP contribution in [-0.4, -0.2) is 39.8 Å². The zero-order valence-electron chi connectivity index (χ0n) is 14.6. The van der Waals surface area contributed by atoms with Crippen LogP contribution < -0.4 is 4.90 Å². The van der Waals surface area contributed by atoms with Gasteiger partial charge in [0.2, 0.25) is 0 Å². The standard InChI is InChI=1S/C19H17FN4O2S/c1-27-16-5-2-13(3-6-16)17-7-4-14(8-18(17)20)24-10-15(26-19(24)25)9-23-12-21-11-22-23/h2-8,11-12,15H,9-10H2,1H3. The number of nitrogens with zero attached hydrogens (tertiary/aromatic N) is 4. The van der Waals surface area contributed by atoms with E-state index < -0.39 is 6.09 Å². The Balaban J connectivity index is 1.52. The molecule has 1 fully saturated rings. The molecular weight excluding hydrogens is 367 g/mol. The van der Waals surface area contributed by atoms with Crippen LogP contribution in [0.2, 0.25) is 0 Å². The number of hydrogen-bond acceptors (Lipinski definition) is 5. The number of thioether (sulfide) groups is 1. The summed E-state index contributed by atoms with van der Waals surface area (Å²) in [5, 5.41) is 4.01. The lowest BCUT2D eigenvalue weighted by Crippen LogP contribution is -2.26. The van der Waals surface area contributed by atoms with Crippen molar-refractivity contribution in [3.63, 3.8) is 0 Å². The van der Waals surface area contributed by atoms with Gasteiger partial charge in [0.05, 0.1) is 18.8 Å². The molecule has 0 N–H and O–H groups in total. The molecule has 0 spiro atoms. The summed E-state index contributed by atoms with van der Waals surface area (Å²) >= 11 is 1.64. The van der Waals surface area contributed by atoms with E-state index in [4.69, 9.17) is 4.74 Å². The third-order valence-electron chi connectivity index (χ3n) is 4.40. The minimum Gasteiger partial charge on any atom is -0.442 e. The molecular formula is C19H17FN4O2S. The number of carbonyl (C=O) groups excluding carboxylic acids is 1. The van der Waals surface area contributed by atoms with Gasteiger partial charge in [-0.15, -0.1) is 11.8 Å². The van der Waals surface area contributed by atoms with Crippen LogP contribution in [0.5, 0.6) is 0 Å². The Morgan fingerprint density at radius 2 is 2.07 bits per heavy atom. The summed E-state index contributed by atoms with van der Waals surface area (Å²) in [6, 6.07) is 12.5. The molecule has 1 amide bonds. The van der Waals surface area contributed by atoms with E-state index in [-0.39, 0.29) is 11.9 Å². The van der Waals surface area contributed by atoms with Crippen molar-refractivity contribution in [3.8, 4) is 11.1 Å². The molecule has 1 saturated heterocycles. The monoisotopic (exact) mass is 384 g/mol. The number of halogens is 1. The molecule has 2 heterocycles. The molecule has 138 valence electrons. The molecule has 27 heavy (non-hydrogen) atoms. The topological polar surface area (TPSA) is 60.3 Å². The minimum absolute atomic E-state index is 0.333. The van der Waals surface area contributed by atoms with E-state index in [2.05, 4.69) is 10.1 Å². The van der Waals surface area contributed by atoms with Crippen molar-refractivity contribution in [2.24, 2.45) is 0 Å². The first-order valence-corrected chi connectivity index (χ1v) is 9.61. The van der Waals surface area contributed by atoms with Crippen LogP contribution in [0.15, 0.2) is 60.0 Å². The number of cyclic esters (lactones) is 1. The quantitative estimate of drug-likeness (QED) is 0.626. The van der Waals surface area contributed by atoms with Gasteiger partial charge in [-0.2, -0.15) is 5.10 Å². The summed E-state index contributed by atoms with van der Waals surface area (Å²) in [5.74, 6) is -0.378. The Morgan fingerprint density at radius 3 is 2.74 bits per heavy atom. The van der Waals surface area contributed by atoms with Crippen LogP contribution >= 0.6 is 11.8 Å². The fourth-order valence-corrected chi connectivity index (χ4v) is 3.45. The second-order valence-electron chi connectivity index (χ2n) is 6.13. The van der Waals surface area contributed by atoms with Crippen LogP contribution in [-0.2, 0) is 11.3 Å². The van der Waals surface area contributed by atoms with Gasteiger partial charge in [0.15, 0.2) is 0 Å². The zero-order chi connectivity index (χ0) is 18.8. The highest BCUT2D eigenvalue weighted by Crippen LogP contribution is 2.30. The summed E-state index contributed by atoms with van der Waals surface area (Å²) in [6.07, 6.45) is 4.13. The maximum absolute atomic E-state index is 14.7. The van der Waals surface area contributed by atoms with E-state index in [0.717, 1.165) is 10.5 Å². The lowest BCUT2D eigenvalue weighted by molar-refractivity contribution is 0.129. The third kappa shape index (κ3) is 3.66. The van der Waals surface area contributed by atoms with Gasteiger partial charge in [0.1, 0.15) is 24.6 Å². The molecule has 1 aliphatic heterocycles. The van der Waals surface area contributed by atoms with Crippen LogP contribution in [0.3, 0.4) is 0 Å². The Labute approximate surface area is 160 Å². The highest BCUT2D eigenvalue weighted by Gasteiger charge is 2.33. The van der Waals surface area contributed by atoms with Crippen LogP contribution in [0.1, 0.15) is 0 Å². The van der Waals surface area contributed by atoms with Gasteiger partial charge in [-0.05, 0) is 42.2 Å². The Kier molecular flexibility index (Phi) is 4.81. The SMILES string of the molecule is CSc1ccc(-c2ccc(N3CC(Cn4cncn4)OC3=O)cc2F)cc1. The third-order valence-corrected chi connectivity index (χ3v) is 5.14. The number of rotatable bonds is 5. The fourth-order valence-electron chi connectivity index (χ4n) is 3.04. The number of benzene rings is 2. The van der Waals surface area contributed by atoms with E-state index >= 15 is 0 Å². The highest BCUT2D eigenvalue weighted by molar-refractivity contribution is 7.98. The molecule has 4 rings (SSSR count). The molecule has 1 atom stereocenters. The number of aromatic nitrogens is 3.